The number of carbonyl (C=O) groups is 1. The third-order valence-corrected chi connectivity index (χ3v) is 4.93. The highest BCUT2D eigenvalue weighted by Gasteiger charge is 2.10. The summed E-state index contributed by atoms with van der Waals surface area (Å²) in [7, 11) is 0. The van der Waals surface area contributed by atoms with Crippen LogP contribution in [0.15, 0.2) is 41.3 Å². The first-order chi connectivity index (χ1) is 9.66. The van der Waals surface area contributed by atoms with Crippen molar-refractivity contribution >= 4 is 29.1 Å². The number of aromatic carboxylic acids is 1. The van der Waals surface area contributed by atoms with Crippen LogP contribution in [0.5, 0.6) is 0 Å². The van der Waals surface area contributed by atoms with E-state index in [4.69, 9.17) is 5.11 Å². The zero-order chi connectivity index (χ0) is 14.4. The summed E-state index contributed by atoms with van der Waals surface area (Å²) in [5, 5.41) is 12.3. The molecule has 0 spiro atoms. The Hall–Kier alpha value is -1.30. The molecule has 2 N–H and O–H groups in total. The summed E-state index contributed by atoms with van der Waals surface area (Å²) < 4.78 is 0. The molecule has 0 bridgehead atoms. The summed E-state index contributed by atoms with van der Waals surface area (Å²) in [6, 6.07) is 12.1. The van der Waals surface area contributed by atoms with E-state index in [-0.39, 0.29) is 0 Å². The standard InChI is InChI=1S/C15H17NO2S2/c1-11-12(9-14(20-11)15(17)18)10-16-7-8-19-13-5-3-2-4-6-13/h2-6,9,16H,7-8,10H2,1H3,(H,17,18). The van der Waals surface area contributed by atoms with Crippen molar-refractivity contribution in [3.8, 4) is 0 Å². The molecule has 0 atom stereocenters. The van der Waals surface area contributed by atoms with Gasteiger partial charge in [0.15, 0.2) is 0 Å². The second-order valence-electron chi connectivity index (χ2n) is 4.34. The Morgan fingerprint density at radius 2 is 2.10 bits per heavy atom. The van der Waals surface area contributed by atoms with Crippen LogP contribution in [0.3, 0.4) is 0 Å². The summed E-state index contributed by atoms with van der Waals surface area (Å²) >= 11 is 3.15. The van der Waals surface area contributed by atoms with E-state index in [2.05, 4.69) is 17.4 Å². The first kappa shape index (κ1) is 15.1. The first-order valence-corrected chi connectivity index (χ1v) is 8.18. The highest BCUT2D eigenvalue weighted by atomic mass is 32.2. The lowest BCUT2D eigenvalue weighted by atomic mass is 10.2. The van der Waals surface area contributed by atoms with Gasteiger partial charge in [0, 0.05) is 28.6 Å². The number of benzene rings is 1. The molecular weight excluding hydrogens is 290 g/mol. The number of hydrogen-bond donors (Lipinski definition) is 2. The van der Waals surface area contributed by atoms with Crippen LogP contribution in [0.25, 0.3) is 0 Å². The molecule has 0 amide bonds. The molecule has 0 aliphatic carbocycles. The quantitative estimate of drug-likeness (QED) is 0.606. The molecule has 1 heterocycles. The van der Waals surface area contributed by atoms with E-state index in [0.717, 1.165) is 29.3 Å². The molecule has 2 rings (SSSR count). The Balaban J connectivity index is 1.72. The normalized spacial score (nSPS) is 10.7. The maximum Gasteiger partial charge on any atom is 0.345 e. The lowest BCUT2D eigenvalue weighted by molar-refractivity contribution is 0.0702. The molecule has 20 heavy (non-hydrogen) atoms. The summed E-state index contributed by atoms with van der Waals surface area (Å²) in [6.45, 7) is 3.59. The average molecular weight is 307 g/mol. The monoisotopic (exact) mass is 307 g/mol. The third kappa shape index (κ3) is 4.37. The predicted octanol–water partition coefficient (Wildman–Crippen LogP) is 3.64. The Bertz CT molecular complexity index is 567. The van der Waals surface area contributed by atoms with Crippen LogP contribution < -0.4 is 5.32 Å². The van der Waals surface area contributed by atoms with Crippen molar-refractivity contribution in [3.63, 3.8) is 0 Å². The molecule has 3 nitrogen and oxygen atoms in total. The highest BCUT2D eigenvalue weighted by molar-refractivity contribution is 7.99. The number of hydrogen-bond acceptors (Lipinski definition) is 4. The molecule has 0 saturated carbocycles. The largest absolute Gasteiger partial charge is 0.477 e. The molecule has 0 unspecified atom stereocenters. The molecule has 0 aliphatic rings. The van der Waals surface area contributed by atoms with E-state index < -0.39 is 5.97 Å². The molecule has 5 heteroatoms. The number of nitrogens with one attached hydrogen (secondary N) is 1. The van der Waals surface area contributed by atoms with E-state index in [1.165, 1.54) is 16.2 Å². The fourth-order valence-corrected chi connectivity index (χ4v) is 3.49. The van der Waals surface area contributed by atoms with Crippen LogP contribution in [0.4, 0.5) is 0 Å². The van der Waals surface area contributed by atoms with Gasteiger partial charge in [-0.25, -0.2) is 4.79 Å². The van der Waals surface area contributed by atoms with Gasteiger partial charge in [-0.3, -0.25) is 0 Å². The van der Waals surface area contributed by atoms with Gasteiger partial charge in [0.25, 0.3) is 0 Å². The van der Waals surface area contributed by atoms with Crippen LogP contribution in [0, 0.1) is 6.92 Å². The van der Waals surface area contributed by atoms with Gasteiger partial charge < -0.3 is 10.4 Å². The number of aryl methyl sites for hydroxylation is 1. The van der Waals surface area contributed by atoms with Crippen LogP contribution >= 0.6 is 23.1 Å². The fourth-order valence-electron chi connectivity index (χ4n) is 1.78. The van der Waals surface area contributed by atoms with E-state index in [1.54, 1.807) is 6.07 Å². The summed E-state index contributed by atoms with van der Waals surface area (Å²) in [5.74, 6) is 0.155. The number of carboxylic acids is 1. The van der Waals surface area contributed by atoms with Crippen molar-refractivity contribution in [2.24, 2.45) is 0 Å². The second-order valence-corrected chi connectivity index (χ2v) is 6.76. The van der Waals surface area contributed by atoms with E-state index in [1.807, 2.05) is 36.9 Å². The van der Waals surface area contributed by atoms with Crippen molar-refractivity contribution in [2.45, 2.75) is 18.4 Å². The minimum Gasteiger partial charge on any atom is -0.477 e. The molecular formula is C15H17NO2S2. The van der Waals surface area contributed by atoms with Crippen molar-refractivity contribution < 1.29 is 9.90 Å². The summed E-state index contributed by atoms with van der Waals surface area (Å²) in [5.41, 5.74) is 1.08. The van der Waals surface area contributed by atoms with Gasteiger partial charge in [0.2, 0.25) is 0 Å². The van der Waals surface area contributed by atoms with E-state index >= 15 is 0 Å². The van der Waals surface area contributed by atoms with Gasteiger partial charge >= 0.3 is 5.97 Å². The lowest BCUT2D eigenvalue weighted by Crippen LogP contribution is -2.16. The lowest BCUT2D eigenvalue weighted by Gasteiger charge is -2.04. The highest BCUT2D eigenvalue weighted by Crippen LogP contribution is 2.21. The SMILES string of the molecule is Cc1sc(C(=O)O)cc1CNCCSc1ccccc1. The van der Waals surface area contributed by atoms with Crippen LogP contribution in [0.1, 0.15) is 20.1 Å². The zero-order valence-electron chi connectivity index (χ0n) is 11.3. The first-order valence-electron chi connectivity index (χ1n) is 6.38. The Labute approximate surface area is 127 Å². The Morgan fingerprint density at radius 1 is 1.35 bits per heavy atom. The number of rotatable bonds is 7. The summed E-state index contributed by atoms with van der Waals surface area (Å²) in [6.07, 6.45) is 0. The number of carboxylic acid groups (broad SMARTS) is 1. The van der Waals surface area contributed by atoms with Gasteiger partial charge in [-0.1, -0.05) is 18.2 Å². The molecule has 0 aliphatic heterocycles. The molecule has 1 aromatic heterocycles. The van der Waals surface area contributed by atoms with Crippen molar-refractivity contribution in [2.75, 3.05) is 12.3 Å². The third-order valence-electron chi connectivity index (χ3n) is 2.84. The van der Waals surface area contributed by atoms with Gasteiger partial charge in [-0.2, -0.15) is 0 Å². The van der Waals surface area contributed by atoms with Gasteiger partial charge in [0.05, 0.1) is 0 Å². The van der Waals surface area contributed by atoms with Crippen molar-refractivity contribution in [1.82, 2.24) is 5.32 Å². The maximum atomic E-state index is 10.9. The van der Waals surface area contributed by atoms with Crippen LogP contribution in [0.2, 0.25) is 0 Å². The van der Waals surface area contributed by atoms with Gasteiger partial charge in [0.1, 0.15) is 4.88 Å². The summed E-state index contributed by atoms with van der Waals surface area (Å²) in [4.78, 5) is 13.6. The molecule has 0 fully saturated rings. The van der Waals surface area contributed by atoms with Gasteiger partial charge in [-0.15, -0.1) is 23.1 Å². The molecule has 1 aromatic carbocycles. The van der Waals surface area contributed by atoms with E-state index in [0.29, 0.717) is 4.88 Å². The molecule has 106 valence electrons. The Morgan fingerprint density at radius 3 is 2.75 bits per heavy atom. The Kier molecular flexibility index (Phi) is 5.64. The van der Waals surface area contributed by atoms with Crippen LogP contribution in [-0.2, 0) is 6.54 Å². The number of thiophene rings is 1. The fraction of sp³-hybridized carbons (Fsp3) is 0.267. The van der Waals surface area contributed by atoms with Crippen molar-refractivity contribution in [1.29, 1.82) is 0 Å². The van der Waals surface area contributed by atoms with Gasteiger partial charge in [-0.05, 0) is 30.7 Å². The van der Waals surface area contributed by atoms with E-state index in [9.17, 15) is 4.79 Å². The second kappa shape index (κ2) is 7.47. The zero-order valence-corrected chi connectivity index (χ0v) is 12.9. The molecule has 2 aromatic rings. The minimum absolute atomic E-state index is 0.415. The van der Waals surface area contributed by atoms with Crippen molar-refractivity contribution in [3.05, 3.63) is 51.7 Å². The average Bonchev–Trinajstić information content (AvgIpc) is 2.81. The maximum absolute atomic E-state index is 10.9. The molecule has 0 radical (unpaired) electrons. The minimum atomic E-state index is -0.844. The number of thioether (sulfide) groups is 1. The topological polar surface area (TPSA) is 49.3 Å². The predicted molar refractivity (Wildman–Crippen MR) is 84.9 cm³/mol. The van der Waals surface area contributed by atoms with Crippen LogP contribution in [-0.4, -0.2) is 23.4 Å². The molecule has 0 saturated heterocycles. The smallest absolute Gasteiger partial charge is 0.345 e.